The van der Waals surface area contributed by atoms with Gasteiger partial charge in [0.2, 0.25) is 5.95 Å². The Labute approximate surface area is 103 Å². The lowest BCUT2D eigenvalue weighted by atomic mass is 10.2. The molecule has 0 saturated carbocycles. The standard InChI is InChI=1S/C13H11FN2O2/c1-18-10-5-2-4-9(8-10)16-13(17)11-6-3-7-15-12(11)14/h2-8H,1H3,(H,16,17). The van der Waals surface area contributed by atoms with E-state index in [1.807, 2.05) is 0 Å². The highest BCUT2D eigenvalue weighted by Gasteiger charge is 2.12. The summed E-state index contributed by atoms with van der Waals surface area (Å²) in [5.74, 6) is -0.730. The zero-order valence-electron chi connectivity index (χ0n) is 9.68. The van der Waals surface area contributed by atoms with Gasteiger partial charge >= 0.3 is 0 Å². The maximum absolute atomic E-state index is 13.3. The molecule has 1 N–H and O–H groups in total. The van der Waals surface area contributed by atoms with Crippen molar-refractivity contribution in [2.24, 2.45) is 0 Å². The molecule has 1 amide bonds. The fourth-order valence-corrected chi connectivity index (χ4v) is 1.45. The minimum absolute atomic E-state index is 0.0969. The van der Waals surface area contributed by atoms with E-state index in [2.05, 4.69) is 10.3 Å². The number of anilines is 1. The normalized spacial score (nSPS) is 9.89. The number of halogens is 1. The lowest BCUT2D eigenvalue weighted by molar-refractivity contribution is 0.102. The third-order valence-electron chi connectivity index (χ3n) is 2.33. The molecule has 0 saturated heterocycles. The molecule has 5 heteroatoms. The van der Waals surface area contributed by atoms with E-state index >= 15 is 0 Å². The van der Waals surface area contributed by atoms with Crippen molar-refractivity contribution in [3.63, 3.8) is 0 Å². The van der Waals surface area contributed by atoms with Crippen LogP contribution in [0.3, 0.4) is 0 Å². The molecule has 4 nitrogen and oxygen atoms in total. The van der Waals surface area contributed by atoms with Gasteiger partial charge in [0.05, 0.1) is 12.7 Å². The minimum atomic E-state index is -0.794. The first-order valence-corrected chi connectivity index (χ1v) is 5.26. The van der Waals surface area contributed by atoms with Crippen LogP contribution in [0, 0.1) is 5.95 Å². The van der Waals surface area contributed by atoms with Gasteiger partial charge in [-0.05, 0) is 24.3 Å². The Morgan fingerprint density at radius 2 is 2.17 bits per heavy atom. The van der Waals surface area contributed by atoms with E-state index in [0.717, 1.165) is 0 Å². The van der Waals surface area contributed by atoms with Gasteiger partial charge in [0.1, 0.15) is 5.75 Å². The molecule has 1 heterocycles. The second-order valence-corrected chi connectivity index (χ2v) is 3.53. The van der Waals surface area contributed by atoms with Crippen molar-refractivity contribution in [2.45, 2.75) is 0 Å². The second-order valence-electron chi connectivity index (χ2n) is 3.53. The number of amides is 1. The zero-order chi connectivity index (χ0) is 13.0. The smallest absolute Gasteiger partial charge is 0.260 e. The molecule has 0 spiro atoms. The predicted octanol–water partition coefficient (Wildman–Crippen LogP) is 2.48. The maximum Gasteiger partial charge on any atom is 0.260 e. The number of carbonyl (C=O) groups is 1. The fraction of sp³-hybridized carbons (Fsp3) is 0.0769. The first-order valence-electron chi connectivity index (χ1n) is 5.26. The van der Waals surface area contributed by atoms with Crippen LogP contribution in [-0.4, -0.2) is 18.0 Å². The summed E-state index contributed by atoms with van der Waals surface area (Å²) in [5.41, 5.74) is 0.433. The van der Waals surface area contributed by atoms with Crippen molar-refractivity contribution in [3.8, 4) is 5.75 Å². The van der Waals surface area contributed by atoms with Crippen molar-refractivity contribution in [1.29, 1.82) is 0 Å². The minimum Gasteiger partial charge on any atom is -0.497 e. The largest absolute Gasteiger partial charge is 0.497 e. The van der Waals surface area contributed by atoms with Gasteiger partial charge in [-0.1, -0.05) is 6.07 Å². The highest BCUT2D eigenvalue weighted by molar-refractivity contribution is 6.04. The van der Waals surface area contributed by atoms with Crippen LogP contribution in [0.25, 0.3) is 0 Å². The molecule has 0 aliphatic carbocycles. The molecular weight excluding hydrogens is 235 g/mol. The van der Waals surface area contributed by atoms with Crippen LogP contribution in [0.1, 0.15) is 10.4 Å². The van der Waals surface area contributed by atoms with Gasteiger partial charge in [0, 0.05) is 18.0 Å². The van der Waals surface area contributed by atoms with Gasteiger partial charge in [-0.25, -0.2) is 4.98 Å². The van der Waals surface area contributed by atoms with Crippen LogP contribution in [0.2, 0.25) is 0 Å². The number of hydrogen-bond acceptors (Lipinski definition) is 3. The van der Waals surface area contributed by atoms with E-state index < -0.39 is 11.9 Å². The van der Waals surface area contributed by atoms with Crippen molar-refractivity contribution in [1.82, 2.24) is 4.98 Å². The molecule has 1 aromatic heterocycles. The lowest BCUT2D eigenvalue weighted by Crippen LogP contribution is -2.14. The van der Waals surface area contributed by atoms with E-state index in [-0.39, 0.29) is 5.56 Å². The first-order chi connectivity index (χ1) is 8.70. The fourth-order valence-electron chi connectivity index (χ4n) is 1.45. The Morgan fingerprint density at radius 3 is 2.89 bits per heavy atom. The van der Waals surface area contributed by atoms with E-state index in [0.29, 0.717) is 11.4 Å². The Kier molecular flexibility index (Phi) is 3.52. The number of hydrogen-bond donors (Lipinski definition) is 1. The number of benzene rings is 1. The number of methoxy groups -OCH3 is 1. The van der Waals surface area contributed by atoms with Crippen molar-refractivity contribution in [2.75, 3.05) is 12.4 Å². The van der Waals surface area contributed by atoms with Crippen LogP contribution < -0.4 is 10.1 Å². The SMILES string of the molecule is COc1cccc(NC(=O)c2cccnc2F)c1. The molecule has 0 radical (unpaired) electrons. The van der Waals surface area contributed by atoms with Gasteiger partial charge in [-0.2, -0.15) is 4.39 Å². The Balaban J connectivity index is 2.19. The summed E-state index contributed by atoms with van der Waals surface area (Å²) >= 11 is 0. The topological polar surface area (TPSA) is 51.2 Å². The summed E-state index contributed by atoms with van der Waals surface area (Å²) in [6.45, 7) is 0. The molecule has 0 fully saturated rings. The van der Waals surface area contributed by atoms with Crippen LogP contribution in [-0.2, 0) is 0 Å². The quantitative estimate of drug-likeness (QED) is 0.846. The van der Waals surface area contributed by atoms with Crippen molar-refractivity contribution in [3.05, 3.63) is 54.1 Å². The number of aromatic nitrogens is 1. The average Bonchev–Trinajstić information content (AvgIpc) is 2.39. The van der Waals surface area contributed by atoms with Crippen LogP contribution in [0.5, 0.6) is 5.75 Å². The maximum atomic E-state index is 13.3. The summed E-state index contributed by atoms with van der Waals surface area (Å²) in [5, 5.41) is 2.57. The molecule has 0 bridgehead atoms. The molecule has 0 unspecified atom stereocenters. The Morgan fingerprint density at radius 1 is 1.33 bits per heavy atom. The molecule has 0 aliphatic heterocycles. The van der Waals surface area contributed by atoms with Crippen LogP contribution in [0.4, 0.5) is 10.1 Å². The van der Waals surface area contributed by atoms with E-state index in [1.165, 1.54) is 25.4 Å². The summed E-state index contributed by atoms with van der Waals surface area (Å²) < 4.78 is 18.3. The predicted molar refractivity (Wildman–Crippen MR) is 65.1 cm³/mol. The zero-order valence-corrected chi connectivity index (χ0v) is 9.68. The van der Waals surface area contributed by atoms with E-state index in [1.54, 1.807) is 24.3 Å². The van der Waals surface area contributed by atoms with E-state index in [4.69, 9.17) is 4.74 Å². The van der Waals surface area contributed by atoms with Crippen LogP contribution in [0.15, 0.2) is 42.6 Å². The second kappa shape index (κ2) is 5.27. The van der Waals surface area contributed by atoms with Gasteiger partial charge < -0.3 is 10.1 Å². The molecule has 0 aliphatic rings. The molecule has 2 rings (SSSR count). The third-order valence-corrected chi connectivity index (χ3v) is 2.33. The summed E-state index contributed by atoms with van der Waals surface area (Å²) in [7, 11) is 1.53. The Bertz CT molecular complexity index is 572. The van der Waals surface area contributed by atoms with Gasteiger partial charge in [-0.3, -0.25) is 4.79 Å². The monoisotopic (exact) mass is 246 g/mol. The molecule has 18 heavy (non-hydrogen) atoms. The molecule has 92 valence electrons. The first kappa shape index (κ1) is 12.0. The average molecular weight is 246 g/mol. The van der Waals surface area contributed by atoms with Gasteiger partial charge in [-0.15, -0.1) is 0 Å². The number of rotatable bonds is 3. The van der Waals surface area contributed by atoms with Crippen LogP contribution >= 0.6 is 0 Å². The molecule has 0 atom stereocenters. The van der Waals surface area contributed by atoms with Gasteiger partial charge in [0.15, 0.2) is 0 Å². The molecule has 2 aromatic rings. The summed E-state index contributed by atoms with van der Waals surface area (Å²) in [6.07, 6.45) is 1.29. The highest BCUT2D eigenvalue weighted by atomic mass is 19.1. The number of nitrogens with zero attached hydrogens (tertiary/aromatic N) is 1. The molecule has 1 aromatic carbocycles. The van der Waals surface area contributed by atoms with Crippen molar-refractivity contribution >= 4 is 11.6 Å². The molecular formula is C13H11FN2O2. The highest BCUT2D eigenvalue weighted by Crippen LogP contribution is 2.17. The number of carbonyl (C=O) groups excluding carboxylic acids is 1. The number of nitrogens with one attached hydrogen (secondary N) is 1. The summed E-state index contributed by atoms with van der Waals surface area (Å²) in [4.78, 5) is 15.2. The number of ether oxygens (including phenoxy) is 1. The lowest BCUT2D eigenvalue weighted by Gasteiger charge is -2.07. The third kappa shape index (κ3) is 2.63. The number of pyridine rings is 1. The summed E-state index contributed by atoms with van der Waals surface area (Å²) in [6, 6.07) is 9.69. The van der Waals surface area contributed by atoms with Crippen molar-refractivity contribution < 1.29 is 13.9 Å². The Hall–Kier alpha value is -2.43. The van der Waals surface area contributed by atoms with E-state index in [9.17, 15) is 9.18 Å². The van der Waals surface area contributed by atoms with Gasteiger partial charge in [0.25, 0.3) is 5.91 Å².